The molecule has 0 saturated carbocycles. The molecule has 90 valence electrons. The Labute approximate surface area is 96.4 Å². The van der Waals surface area contributed by atoms with Crippen LogP contribution in [0.25, 0.3) is 0 Å². The third-order valence-corrected chi connectivity index (χ3v) is 3.63. The molecule has 0 aromatic rings. The summed E-state index contributed by atoms with van der Waals surface area (Å²) in [5.41, 5.74) is 6.70. The van der Waals surface area contributed by atoms with Crippen LogP contribution in [0, 0.1) is 5.41 Å². The molecule has 1 amide bonds. The van der Waals surface area contributed by atoms with Gasteiger partial charge in [-0.15, -0.1) is 0 Å². The van der Waals surface area contributed by atoms with Gasteiger partial charge in [-0.25, -0.2) is 0 Å². The van der Waals surface area contributed by atoms with E-state index in [4.69, 9.17) is 10.5 Å². The fourth-order valence-corrected chi connectivity index (χ4v) is 2.36. The fraction of sp³-hybridized carbons (Fsp3) is 0.750. The number of ether oxygens (including phenoxy) is 1. The van der Waals surface area contributed by atoms with Crippen LogP contribution in [-0.4, -0.2) is 43.2 Å². The predicted molar refractivity (Wildman–Crippen MR) is 61.9 cm³/mol. The maximum Gasteiger partial charge on any atom is 0.232 e. The van der Waals surface area contributed by atoms with Crippen molar-refractivity contribution in [1.82, 2.24) is 4.90 Å². The Morgan fingerprint density at radius 3 is 3.00 bits per heavy atom. The molecule has 2 rings (SSSR count). The molecule has 0 aliphatic carbocycles. The van der Waals surface area contributed by atoms with E-state index < -0.39 is 5.41 Å². The molecule has 1 fully saturated rings. The first-order valence-electron chi connectivity index (χ1n) is 5.82. The number of carbonyl (C=O) groups excluding carboxylic acids is 1. The summed E-state index contributed by atoms with van der Waals surface area (Å²) in [4.78, 5) is 14.3. The molecule has 0 radical (unpaired) electrons. The second-order valence-electron chi connectivity index (χ2n) is 5.10. The van der Waals surface area contributed by atoms with Crippen molar-refractivity contribution in [2.45, 2.75) is 26.3 Å². The Morgan fingerprint density at radius 2 is 2.44 bits per heavy atom. The average Bonchev–Trinajstić information content (AvgIpc) is 2.59. The van der Waals surface area contributed by atoms with Gasteiger partial charge in [-0.3, -0.25) is 4.79 Å². The highest BCUT2D eigenvalue weighted by Gasteiger charge is 2.46. The number of carbonyl (C=O) groups is 1. The number of hydrogen-bond donors (Lipinski definition) is 1. The van der Waals surface area contributed by atoms with Crippen molar-refractivity contribution in [3.63, 3.8) is 0 Å². The maximum absolute atomic E-state index is 12.4. The molecule has 4 nitrogen and oxygen atoms in total. The lowest BCUT2D eigenvalue weighted by molar-refractivity contribution is -0.141. The summed E-state index contributed by atoms with van der Waals surface area (Å²) in [5, 5.41) is 0. The first-order chi connectivity index (χ1) is 7.54. The number of rotatable bonds is 1. The highest BCUT2D eigenvalue weighted by atomic mass is 16.5. The van der Waals surface area contributed by atoms with Gasteiger partial charge in [0.15, 0.2) is 0 Å². The van der Waals surface area contributed by atoms with Crippen LogP contribution in [0.3, 0.4) is 0 Å². The van der Waals surface area contributed by atoms with Crippen molar-refractivity contribution in [2.24, 2.45) is 11.1 Å². The van der Waals surface area contributed by atoms with Crippen molar-refractivity contribution in [3.05, 3.63) is 11.6 Å². The molecule has 2 unspecified atom stereocenters. The van der Waals surface area contributed by atoms with Gasteiger partial charge in [-0.05, 0) is 20.3 Å². The minimum Gasteiger partial charge on any atom is -0.379 e. The molecule has 2 heterocycles. The van der Waals surface area contributed by atoms with Gasteiger partial charge in [0.05, 0.1) is 18.6 Å². The monoisotopic (exact) mass is 224 g/mol. The van der Waals surface area contributed by atoms with Crippen molar-refractivity contribution >= 4 is 5.91 Å². The van der Waals surface area contributed by atoms with E-state index in [0.29, 0.717) is 13.2 Å². The normalized spacial score (nSPS) is 35.1. The average molecular weight is 224 g/mol. The molecule has 0 bridgehead atoms. The first-order valence-corrected chi connectivity index (χ1v) is 5.82. The molecule has 16 heavy (non-hydrogen) atoms. The van der Waals surface area contributed by atoms with E-state index in [9.17, 15) is 4.79 Å². The van der Waals surface area contributed by atoms with E-state index >= 15 is 0 Å². The summed E-state index contributed by atoms with van der Waals surface area (Å²) in [6, 6.07) is -0.175. The van der Waals surface area contributed by atoms with E-state index in [-0.39, 0.29) is 11.9 Å². The quantitative estimate of drug-likeness (QED) is 0.661. The SMILES string of the molecule is CC1=CCCN(C(=O)C2(C)COCC2N)C1. The molecule has 1 saturated heterocycles. The maximum atomic E-state index is 12.4. The lowest BCUT2D eigenvalue weighted by Crippen LogP contribution is -2.52. The van der Waals surface area contributed by atoms with Crippen molar-refractivity contribution in [3.8, 4) is 0 Å². The van der Waals surface area contributed by atoms with Crippen LogP contribution in [-0.2, 0) is 9.53 Å². The highest BCUT2D eigenvalue weighted by Crippen LogP contribution is 2.30. The summed E-state index contributed by atoms with van der Waals surface area (Å²) in [6.07, 6.45) is 3.14. The zero-order chi connectivity index (χ0) is 11.8. The van der Waals surface area contributed by atoms with Gasteiger partial charge in [-0.2, -0.15) is 0 Å². The van der Waals surface area contributed by atoms with Crippen molar-refractivity contribution in [2.75, 3.05) is 26.3 Å². The third-order valence-electron chi connectivity index (χ3n) is 3.63. The first kappa shape index (κ1) is 11.6. The summed E-state index contributed by atoms with van der Waals surface area (Å²) in [7, 11) is 0. The standard InChI is InChI=1S/C12H20N2O2/c1-9-4-3-5-14(6-9)11(15)12(2)8-16-7-10(12)13/h4,10H,3,5-8,13H2,1-2H3. The van der Waals surface area contributed by atoms with Crippen LogP contribution >= 0.6 is 0 Å². The Balaban J connectivity index is 2.10. The molecule has 2 aliphatic heterocycles. The number of nitrogens with zero attached hydrogens (tertiary/aromatic N) is 1. The summed E-state index contributed by atoms with van der Waals surface area (Å²) in [6.45, 7) is 6.46. The minimum atomic E-state index is -0.530. The smallest absolute Gasteiger partial charge is 0.232 e. The van der Waals surface area contributed by atoms with Gasteiger partial charge in [0, 0.05) is 19.1 Å². The Hall–Kier alpha value is -0.870. The van der Waals surface area contributed by atoms with E-state index in [0.717, 1.165) is 19.5 Å². The van der Waals surface area contributed by atoms with E-state index in [1.54, 1.807) is 0 Å². The van der Waals surface area contributed by atoms with Crippen LogP contribution in [0.1, 0.15) is 20.3 Å². The highest BCUT2D eigenvalue weighted by molar-refractivity contribution is 5.84. The lowest BCUT2D eigenvalue weighted by atomic mass is 9.84. The van der Waals surface area contributed by atoms with Crippen molar-refractivity contribution < 1.29 is 9.53 Å². The van der Waals surface area contributed by atoms with Crippen LogP contribution in [0.4, 0.5) is 0 Å². The molecule has 2 N–H and O–H groups in total. The molecular weight excluding hydrogens is 204 g/mol. The van der Waals surface area contributed by atoms with Gasteiger partial charge in [0.25, 0.3) is 0 Å². The van der Waals surface area contributed by atoms with Crippen LogP contribution in [0.15, 0.2) is 11.6 Å². The van der Waals surface area contributed by atoms with Gasteiger partial charge in [-0.1, -0.05) is 11.6 Å². The molecule has 2 atom stereocenters. The Bertz CT molecular complexity index is 327. The third kappa shape index (κ3) is 1.87. The van der Waals surface area contributed by atoms with E-state index in [1.165, 1.54) is 5.57 Å². The zero-order valence-electron chi connectivity index (χ0n) is 10.0. The molecule has 2 aliphatic rings. The number of amides is 1. The second kappa shape index (κ2) is 4.18. The van der Waals surface area contributed by atoms with Crippen LogP contribution in [0.5, 0.6) is 0 Å². The van der Waals surface area contributed by atoms with Crippen molar-refractivity contribution in [1.29, 1.82) is 0 Å². The molecule has 0 aromatic heterocycles. The zero-order valence-corrected chi connectivity index (χ0v) is 10.0. The molecule has 4 heteroatoms. The van der Waals surface area contributed by atoms with Gasteiger partial charge in [0.2, 0.25) is 5.91 Å². The largest absolute Gasteiger partial charge is 0.379 e. The molecule has 0 spiro atoms. The second-order valence-corrected chi connectivity index (χ2v) is 5.10. The summed E-state index contributed by atoms with van der Waals surface area (Å²) >= 11 is 0. The Morgan fingerprint density at radius 1 is 1.69 bits per heavy atom. The molecular formula is C12H20N2O2. The van der Waals surface area contributed by atoms with Crippen LogP contribution in [0.2, 0.25) is 0 Å². The Kier molecular flexibility index (Phi) is 3.04. The van der Waals surface area contributed by atoms with Gasteiger partial charge in [0.1, 0.15) is 0 Å². The van der Waals surface area contributed by atoms with Crippen LogP contribution < -0.4 is 5.73 Å². The topological polar surface area (TPSA) is 55.6 Å². The summed E-state index contributed by atoms with van der Waals surface area (Å²) < 4.78 is 5.32. The molecule has 0 aromatic carbocycles. The van der Waals surface area contributed by atoms with Gasteiger partial charge < -0.3 is 15.4 Å². The predicted octanol–water partition coefficient (Wildman–Crippen LogP) is 0.529. The number of hydrogen-bond acceptors (Lipinski definition) is 3. The fourth-order valence-electron chi connectivity index (χ4n) is 2.36. The minimum absolute atomic E-state index is 0.143. The summed E-state index contributed by atoms with van der Waals surface area (Å²) in [5.74, 6) is 0.143. The van der Waals surface area contributed by atoms with E-state index in [1.807, 2.05) is 11.8 Å². The lowest BCUT2D eigenvalue weighted by Gasteiger charge is -2.35. The van der Waals surface area contributed by atoms with E-state index in [2.05, 4.69) is 13.0 Å². The van der Waals surface area contributed by atoms with Gasteiger partial charge >= 0.3 is 0 Å². The number of nitrogens with two attached hydrogens (primary N) is 1.